The summed E-state index contributed by atoms with van der Waals surface area (Å²) >= 11 is 0. The van der Waals surface area contributed by atoms with E-state index >= 15 is 0 Å². The second kappa shape index (κ2) is 7.79. The van der Waals surface area contributed by atoms with Gasteiger partial charge in [-0.25, -0.2) is 4.79 Å². The first-order chi connectivity index (χ1) is 8.20. The summed E-state index contributed by atoms with van der Waals surface area (Å²) in [6.45, 7) is 2.12. The van der Waals surface area contributed by atoms with Crippen LogP contribution in [0.25, 0.3) is 0 Å². The number of benzene rings is 1. The Morgan fingerprint density at radius 1 is 1.47 bits per heavy atom. The van der Waals surface area contributed by atoms with E-state index in [-0.39, 0.29) is 0 Å². The zero-order valence-corrected chi connectivity index (χ0v) is 12.1. The number of carboxylic acids is 1. The Kier molecular flexibility index (Phi) is 6.69. The van der Waals surface area contributed by atoms with Crippen LogP contribution < -0.4 is 4.74 Å². The van der Waals surface area contributed by atoms with Crippen molar-refractivity contribution in [3.63, 3.8) is 0 Å². The first-order valence-electron chi connectivity index (χ1n) is 5.07. The van der Waals surface area contributed by atoms with Gasteiger partial charge in [0.2, 0.25) is 0 Å². The van der Waals surface area contributed by atoms with Crippen molar-refractivity contribution in [2.45, 2.75) is 18.2 Å². The Labute approximate surface area is 112 Å². The van der Waals surface area contributed by atoms with Crippen LogP contribution in [-0.2, 0) is 0 Å². The fourth-order valence-corrected chi connectivity index (χ4v) is 5.16. The van der Waals surface area contributed by atoms with E-state index < -0.39 is 5.97 Å². The highest BCUT2D eigenvalue weighted by Gasteiger charge is 2.15. The smallest absolute Gasteiger partial charge is 0.337 e. The summed E-state index contributed by atoms with van der Waals surface area (Å²) in [5.74, 6) is 0.738. The fourth-order valence-electron chi connectivity index (χ4n) is 1.11. The van der Waals surface area contributed by atoms with Crippen LogP contribution in [0.2, 0.25) is 0 Å². The van der Waals surface area contributed by atoms with Crippen LogP contribution >= 0.6 is 31.4 Å². The molecule has 0 fully saturated rings. The molecule has 0 unspecified atom stereocenters. The Hall–Kier alpha value is -0.460. The molecule has 0 bridgehead atoms. The predicted molar refractivity (Wildman–Crippen MR) is 76.2 cm³/mol. The molecule has 6 heteroatoms. The van der Waals surface area contributed by atoms with Gasteiger partial charge in [-0.15, -0.1) is 0 Å². The molecule has 0 radical (unpaired) electrons. The standard InChI is InChI=1S/C11H14O3S3/c1-3-7-15-17-16-10-8(11(12)13)5-4-6-9(10)14-2/h4-6H,3,7H2,1-2H3,(H,12,13). The second-order valence-corrected chi connectivity index (χ2v) is 7.31. The maximum atomic E-state index is 11.1. The molecule has 17 heavy (non-hydrogen) atoms. The summed E-state index contributed by atoms with van der Waals surface area (Å²) in [6.07, 6.45) is 1.11. The summed E-state index contributed by atoms with van der Waals surface area (Å²) in [7, 11) is 6.29. The molecule has 0 aromatic heterocycles. The van der Waals surface area contributed by atoms with Crippen molar-refractivity contribution < 1.29 is 14.6 Å². The lowest BCUT2D eigenvalue weighted by Crippen LogP contribution is -1.99. The SMILES string of the molecule is CCCSSSc1c(OC)cccc1C(=O)O. The van der Waals surface area contributed by atoms with Crippen molar-refractivity contribution in [2.24, 2.45) is 0 Å². The third-order valence-electron chi connectivity index (χ3n) is 1.88. The van der Waals surface area contributed by atoms with Gasteiger partial charge in [-0.3, -0.25) is 0 Å². The van der Waals surface area contributed by atoms with E-state index in [4.69, 9.17) is 9.84 Å². The lowest BCUT2D eigenvalue weighted by Gasteiger charge is -2.09. The van der Waals surface area contributed by atoms with Crippen LogP contribution in [0.4, 0.5) is 0 Å². The first kappa shape index (κ1) is 14.6. The number of ether oxygens (including phenoxy) is 1. The highest BCUT2D eigenvalue weighted by Crippen LogP contribution is 2.45. The monoisotopic (exact) mass is 290 g/mol. The molecule has 0 atom stereocenters. The van der Waals surface area contributed by atoms with Crippen LogP contribution in [-0.4, -0.2) is 23.9 Å². The van der Waals surface area contributed by atoms with Crippen molar-refractivity contribution >= 4 is 37.4 Å². The molecule has 0 spiro atoms. The summed E-state index contributed by atoms with van der Waals surface area (Å²) in [4.78, 5) is 11.8. The van der Waals surface area contributed by atoms with E-state index in [1.165, 1.54) is 10.8 Å². The molecule has 3 nitrogen and oxygen atoms in total. The molecule has 0 aliphatic heterocycles. The third kappa shape index (κ3) is 4.37. The second-order valence-electron chi connectivity index (χ2n) is 3.12. The molecule has 1 aromatic rings. The number of carbonyl (C=O) groups is 1. The molecule has 1 N–H and O–H groups in total. The van der Waals surface area contributed by atoms with Gasteiger partial charge in [-0.2, -0.15) is 0 Å². The summed E-state index contributed by atoms with van der Waals surface area (Å²) in [5.41, 5.74) is 0.291. The van der Waals surface area contributed by atoms with Gasteiger partial charge in [0.25, 0.3) is 0 Å². The summed E-state index contributed by atoms with van der Waals surface area (Å²) in [6, 6.07) is 5.06. The number of carboxylic acid groups (broad SMARTS) is 1. The summed E-state index contributed by atoms with van der Waals surface area (Å²) < 4.78 is 5.19. The quantitative estimate of drug-likeness (QED) is 0.600. The molecule has 0 aliphatic rings. The molecule has 1 rings (SSSR count). The number of aromatic carboxylic acids is 1. The highest BCUT2D eigenvalue weighted by molar-refractivity contribution is 9.09. The maximum Gasteiger partial charge on any atom is 0.337 e. The molecule has 0 amide bonds. The van der Waals surface area contributed by atoms with Crippen molar-refractivity contribution in [2.75, 3.05) is 12.9 Å². The minimum atomic E-state index is -0.924. The normalized spacial score (nSPS) is 10.2. The van der Waals surface area contributed by atoms with E-state index in [2.05, 4.69) is 6.92 Å². The molecular weight excluding hydrogens is 276 g/mol. The van der Waals surface area contributed by atoms with E-state index in [9.17, 15) is 4.79 Å². The van der Waals surface area contributed by atoms with E-state index in [0.717, 1.165) is 12.2 Å². The number of hydrogen-bond acceptors (Lipinski definition) is 5. The number of methoxy groups -OCH3 is 1. The Morgan fingerprint density at radius 2 is 2.24 bits per heavy atom. The highest BCUT2D eigenvalue weighted by atomic mass is 33.5. The predicted octanol–water partition coefficient (Wildman–Crippen LogP) is 4.19. The van der Waals surface area contributed by atoms with Crippen LogP contribution in [0, 0.1) is 0 Å². The van der Waals surface area contributed by atoms with Crippen molar-refractivity contribution in [3.05, 3.63) is 23.8 Å². The van der Waals surface area contributed by atoms with Gasteiger partial charge >= 0.3 is 5.97 Å². The van der Waals surface area contributed by atoms with Crippen molar-refractivity contribution in [1.29, 1.82) is 0 Å². The zero-order chi connectivity index (χ0) is 12.7. The van der Waals surface area contributed by atoms with E-state index in [1.54, 1.807) is 45.9 Å². The number of hydrogen-bond donors (Lipinski definition) is 1. The van der Waals surface area contributed by atoms with Crippen LogP contribution in [0.1, 0.15) is 23.7 Å². The molecule has 0 aliphatic carbocycles. The lowest BCUT2D eigenvalue weighted by molar-refractivity contribution is 0.0692. The molecule has 94 valence electrons. The van der Waals surface area contributed by atoms with Crippen LogP contribution in [0.5, 0.6) is 5.75 Å². The average molecular weight is 290 g/mol. The molecule has 0 saturated heterocycles. The average Bonchev–Trinajstić information content (AvgIpc) is 2.34. The third-order valence-corrected chi connectivity index (χ3v) is 6.18. The van der Waals surface area contributed by atoms with Gasteiger partial charge in [0.15, 0.2) is 0 Å². The minimum Gasteiger partial charge on any atom is -0.496 e. The fraction of sp³-hybridized carbons (Fsp3) is 0.364. The maximum absolute atomic E-state index is 11.1. The van der Waals surface area contributed by atoms with Gasteiger partial charge in [-0.1, -0.05) is 23.8 Å². The molecule has 0 saturated carbocycles. The lowest BCUT2D eigenvalue weighted by atomic mass is 10.2. The van der Waals surface area contributed by atoms with Crippen LogP contribution in [0.3, 0.4) is 0 Å². The van der Waals surface area contributed by atoms with Gasteiger partial charge in [0.05, 0.1) is 17.6 Å². The van der Waals surface area contributed by atoms with Gasteiger partial charge in [-0.05, 0) is 39.2 Å². The number of rotatable bonds is 7. The van der Waals surface area contributed by atoms with Gasteiger partial charge < -0.3 is 9.84 Å². The van der Waals surface area contributed by atoms with Crippen molar-refractivity contribution in [3.8, 4) is 5.75 Å². The Balaban J connectivity index is 2.82. The minimum absolute atomic E-state index is 0.291. The molecule has 1 aromatic carbocycles. The van der Waals surface area contributed by atoms with E-state index in [0.29, 0.717) is 16.2 Å². The zero-order valence-electron chi connectivity index (χ0n) is 9.63. The van der Waals surface area contributed by atoms with Crippen LogP contribution in [0.15, 0.2) is 23.1 Å². The largest absolute Gasteiger partial charge is 0.496 e. The van der Waals surface area contributed by atoms with E-state index in [1.807, 2.05) is 0 Å². The molecule has 0 heterocycles. The van der Waals surface area contributed by atoms with Gasteiger partial charge in [0.1, 0.15) is 5.75 Å². The Morgan fingerprint density at radius 3 is 2.82 bits per heavy atom. The summed E-state index contributed by atoms with van der Waals surface area (Å²) in [5, 5.41) is 9.10. The first-order valence-corrected chi connectivity index (χ1v) is 8.72. The Bertz CT molecular complexity index is 382. The van der Waals surface area contributed by atoms with Gasteiger partial charge in [0, 0.05) is 5.75 Å². The topological polar surface area (TPSA) is 46.5 Å². The molecular formula is C11H14O3S3. The van der Waals surface area contributed by atoms with Crippen molar-refractivity contribution in [1.82, 2.24) is 0 Å².